The van der Waals surface area contributed by atoms with Crippen LogP contribution in [-0.2, 0) is 6.54 Å². The van der Waals surface area contributed by atoms with Gasteiger partial charge in [-0.15, -0.1) is 0 Å². The summed E-state index contributed by atoms with van der Waals surface area (Å²) in [6, 6.07) is 18.1. The van der Waals surface area contributed by atoms with E-state index in [-0.39, 0.29) is 0 Å². The second kappa shape index (κ2) is 10.3. The number of piperidine rings is 1. The first-order valence-corrected chi connectivity index (χ1v) is 12.7. The van der Waals surface area contributed by atoms with Gasteiger partial charge in [-0.1, -0.05) is 48.0 Å². The van der Waals surface area contributed by atoms with Crippen molar-refractivity contribution in [2.45, 2.75) is 19.4 Å². The number of anilines is 1. The van der Waals surface area contributed by atoms with Crippen LogP contribution in [0.3, 0.4) is 0 Å². The minimum absolute atomic E-state index is 0.537. The number of rotatable bonds is 7. The third kappa shape index (κ3) is 4.92. The number of methoxy groups -OCH3 is 1. The smallest absolute Gasteiger partial charge is 0.172 e. The molecule has 3 heterocycles. The van der Waals surface area contributed by atoms with Crippen LogP contribution >= 0.6 is 27.5 Å². The number of halogens is 2. The van der Waals surface area contributed by atoms with E-state index in [0.29, 0.717) is 10.9 Å². The summed E-state index contributed by atoms with van der Waals surface area (Å²) < 4.78 is 8.25. The number of hydrogen-bond donors (Lipinski definition) is 1. The molecular formula is C26H27BrClN5O. The first kappa shape index (κ1) is 23.1. The van der Waals surface area contributed by atoms with Crippen molar-refractivity contribution in [1.82, 2.24) is 19.5 Å². The van der Waals surface area contributed by atoms with Crippen LogP contribution in [-0.4, -0.2) is 46.2 Å². The molecule has 8 heteroatoms. The van der Waals surface area contributed by atoms with Crippen molar-refractivity contribution in [3.05, 3.63) is 75.9 Å². The van der Waals surface area contributed by atoms with Crippen LogP contribution in [0.4, 0.5) is 5.82 Å². The molecule has 2 aromatic carbocycles. The van der Waals surface area contributed by atoms with Gasteiger partial charge in [-0.25, -0.2) is 4.98 Å². The summed E-state index contributed by atoms with van der Waals surface area (Å²) in [7, 11) is 1.74. The monoisotopic (exact) mass is 539 g/mol. The summed E-state index contributed by atoms with van der Waals surface area (Å²) in [6.07, 6.45) is 4.16. The number of fused-ring (bicyclic) bond motifs is 1. The predicted molar refractivity (Wildman–Crippen MR) is 141 cm³/mol. The molecule has 0 spiro atoms. The van der Waals surface area contributed by atoms with Gasteiger partial charge in [-0.2, -0.15) is 9.61 Å². The number of benzene rings is 2. The Hall–Kier alpha value is -2.61. The molecule has 0 radical (unpaired) electrons. The maximum absolute atomic E-state index is 6.47. The van der Waals surface area contributed by atoms with E-state index >= 15 is 0 Å². The molecule has 0 saturated carbocycles. The summed E-state index contributed by atoms with van der Waals surface area (Å²) in [5.74, 6) is 2.40. The Morgan fingerprint density at radius 1 is 1.18 bits per heavy atom. The lowest BCUT2D eigenvalue weighted by atomic mass is 9.97. The van der Waals surface area contributed by atoms with E-state index in [1.54, 1.807) is 13.3 Å². The summed E-state index contributed by atoms with van der Waals surface area (Å²) in [5, 5.41) is 8.85. The van der Waals surface area contributed by atoms with Crippen molar-refractivity contribution in [2.75, 3.05) is 32.1 Å². The normalized spacial score (nSPS) is 16.6. The molecule has 0 amide bonds. The van der Waals surface area contributed by atoms with Gasteiger partial charge in [0.25, 0.3) is 0 Å². The van der Waals surface area contributed by atoms with Gasteiger partial charge in [0.2, 0.25) is 0 Å². The van der Waals surface area contributed by atoms with Crippen molar-refractivity contribution in [1.29, 1.82) is 0 Å². The minimum Gasteiger partial charge on any atom is -0.496 e. The summed E-state index contributed by atoms with van der Waals surface area (Å²) in [6.45, 7) is 3.92. The highest BCUT2D eigenvalue weighted by atomic mass is 79.9. The van der Waals surface area contributed by atoms with Crippen LogP contribution in [0, 0.1) is 5.92 Å². The molecular weight excluding hydrogens is 514 g/mol. The fourth-order valence-electron chi connectivity index (χ4n) is 4.65. The number of nitrogens with zero attached hydrogens (tertiary/aromatic N) is 4. The van der Waals surface area contributed by atoms with E-state index in [1.807, 2.05) is 47.0 Å². The van der Waals surface area contributed by atoms with Crippen LogP contribution < -0.4 is 10.1 Å². The molecule has 1 saturated heterocycles. The largest absolute Gasteiger partial charge is 0.496 e. The van der Waals surface area contributed by atoms with Crippen molar-refractivity contribution in [2.24, 2.45) is 5.92 Å². The van der Waals surface area contributed by atoms with Gasteiger partial charge in [0.1, 0.15) is 11.6 Å². The molecule has 0 bridgehead atoms. The van der Waals surface area contributed by atoms with Gasteiger partial charge >= 0.3 is 0 Å². The Morgan fingerprint density at radius 2 is 2.00 bits per heavy atom. The summed E-state index contributed by atoms with van der Waals surface area (Å²) >= 11 is 10.1. The van der Waals surface area contributed by atoms with Gasteiger partial charge in [0.15, 0.2) is 5.65 Å². The highest BCUT2D eigenvalue weighted by Gasteiger charge is 2.22. The van der Waals surface area contributed by atoms with Crippen LogP contribution in [0.2, 0.25) is 5.02 Å². The second-order valence-corrected chi connectivity index (χ2v) is 9.93. The van der Waals surface area contributed by atoms with Crippen LogP contribution in [0.15, 0.2) is 65.3 Å². The van der Waals surface area contributed by atoms with E-state index in [9.17, 15) is 0 Å². The molecule has 2 aromatic heterocycles. The van der Waals surface area contributed by atoms with Crippen molar-refractivity contribution >= 4 is 39.0 Å². The fraction of sp³-hybridized carbons (Fsp3) is 0.308. The van der Waals surface area contributed by atoms with Crippen molar-refractivity contribution in [3.8, 4) is 17.0 Å². The number of nitrogens with one attached hydrogen (secondary N) is 1. The van der Waals surface area contributed by atoms with Gasteiger partial charge < -0.3 is 10.1 Å². The van der Waals surface area contributed by atoms with E-state index in [1.165, 1.54) is 18.4 Å². The molecule has 5 rings (SSSR count). The number of likely N-dealkylation sites (tertiary alicyclic amines) is 1. The van der Waals surface area contributed by atoms with Crippen molar-refractivity contribution in [3.63, 3.8) is 0 Å². The molecule has 0 aliphatic carbocycles. The average molecular weight is 541 g/mol. The molecule has 4 aromatic rings. The van der Waals surface area contributed by atoms with Crippen LogP contribution in [0.1, 0.15) is 18.4 Å². The number of para-hydroxylation sites is 1. The zero-order chi connectivity index (χ0) is 23.5. The third-order valence-electron chi connectivity index (χ3n) is 6.34. The van der Waals surface area contributed by atoms with Crippen LogP contribution in [0.25, 0.3) is 16.9 Å². The number of ether oxygens (including phenoxy) is 1. The Labute approximate surface area is 213 Å². The van der Waals surface area contributed by atoms with E-state index in [0.717, 1.165) is 59.1 Å². The quantitative estimate of drug-likeness (QED) is 0.305. The highest BCUT2D eigenvalue weighted by molar-refractivity contribution is 9.10. The molecule has 6 nitrogen and oxygen atoms in total. The second-order valence-electron chi connectivity index (χ2n) is 8.67. The molecule has 176 valence electrons. The lowest BCUT2D eigenvalue weighted by molar-refractivity contribution is 0.171. The zero-order valence-corrected chi connectivity index (χ0v) is 21.4. The SMILES string of the molecule is COc1ccccc1CN1CCCC(CNc2cc(-c3ccccc3Cl)nc3c(Br)cnn23)C1. The molecule has 1 aliphatic heterocycles. The third-order valence-corrected chi connectivity index (χ3v) is 7.23. The zero-order valence-electron chi connectivity index (χ0n) is 19.0. The lowest BCUT2D eigenvalue weighted by Gasteiger charge is -2.33. The van der Waals surface area contributed by atoms with Gasteiger partial charge in [0, 0.05) is 41.9 Å². The predicted octanol–water partition coefficient (Wildman–Crippen LogP) is 6.14. The summed E-state index contributed by atoms with van der Waals surface area (Å²) in [5.41, 5.74) is 3.73. The Kier molecular flexibility index (Phi) is 7.04. The fourth-order valence-corrected chi connectivity index (χ4v) is 5.23. The standard InChI is InChI=1S/C26H27BrClN5O/c1-34-24-11-5-2-8-19(24)17-32-12-6-7-18(16-32)14-29-25-13-23(20-9-3-4-10-22(20)28)31-26-21(27)15-30-33(25)26/h2-5,8-11,13,15,18,29H,6-7,12,14,16-17H2,1H3. The molecule has 1 unspecified atom stereocenters. The van der Waals surface area contributed by atoms with E-state index in [4.69, 9.17) is 21.3 Å². The first-order chi connectivity index (χ1) is 16.6. The minimum atomic E-state index is 0.537. The molecule has 1 N–H and O–H groups in total. The van der Waals surface area contributed by atoms with E-state index < -0.39 is 0 Å². The maximum Gasteiger partial charge on any atom is 0.172 e. The van der Waals surface area contributed by atoms with Crippen LogP contribution in [0.5, 0.6) is 5.75 Å². The molecule has 1 atom stereocenters. The maximum atomic E-state index is 6.47. The topological polar surface area (TPSA) is 54.7 Å². The highest BCUT2D eigenvalue weighted by Crippen LogP contribution is 2.31. The molecule has 1 fully saturated rings. The number of hydrogen-bond acceptors (Lipinski definition) is 5. The molecule has 1 aliphatic rings. The molecule has 34 heavy (non-hydrogen) atoms. The van der Waals surface area contributed by atoms with Gasteiger partial charge in [-0.3, -0.25) is 4.90 Å². The Balaban J connectivity index is 1.33. The van der Waals surface area contributed by atoms with Gasteiger partial charge in [0.05, 0.1) is 23.5 Å². The summed E-state index contributed by atoms with van der Waals surface area (Å²) in [4.78, 5) is 7.33. The Morgan fingerprint density at radius 3 is 2.85 bits per heavy atom. The first-order valence-electron chi connectivity index (χ1n) is 11.5. The van der Waals surface area contributed by atoms with Crippen molar-refractivity contribution < 1.29 is 4.74 Å². The number of aromatic nitrogens is 3. The lowest BCUT2D eigenvalue weighted by Crippen LogP contribution is -2.37. The Bertz CT molecular complexity index is 1290. The van der Waals surface area contributed by atoms with E-state index in [2.05, 4.69) is 43.4 Å². The van der Waals surface area contributed by atoms with Gasteiger partial charge in [-0.05, 0) is 53.4 Å². The average Bonchev–Trinajstić information content (AvgIpc) is 3.24.